The topological polar surface area (TPSA) is 35.5 Å². The summed E-state index contributed by atoms with van der Waals surface area (Å²) in [5.41, 5.74) is 1.18. The van der Waals surface area contributed by atoms with Crippen molar-refractivity contribution in [3.63, 3.8) is 0 Å². The lowest BCUT2D eigenvalue weighted by atomic mass is 10.2. The highest BCUT2D eigenvalue weighted by Gasteiger charge is 2.23. The molecule has 1 heterocycles. The van der Waals surface area contributed by atoms with E-state index in [-0.39, 0.29) is 6.10 Å². The predicted octanol–water partition coefficient (Wildman–Crippen LogP) is 2.50. The lowest BCUT2D eigenvalue weighted by Gasteiger charge is -2.20. The van der Waals surface area contributed by atoms with Crippen LogP contribution in [0, 0.1) is 0 Å². The van der Waals surface area contributed by atoms with Gasteiger partial charge < -0.3 is 10.4 Å². The first-order valence-electron chi connectivity index (χ1n) is 7.11. The Morgan fingerprint density at radius 3 is 2.95 bits per heavy atom. The molecule has 0 bridgehead atoms. The second-order valence-corrected chi connectivity index (χ2v) is 5.28. The molecule has 1 aromatic rings. The van der Waals surface area contributed by atoms with Gasteiger partial charge in [-0.25, -0.2) is 0 Å². The summed E-state index contributed by atoms with van der Waals surface area (Å²) in [5, 5.41) is 13.5. The average Bonchev–Trinajstić information content (AvgIpc) is 2.85. The first kappa shape index (κ1) is 14.1. The molecular weight excluding hydrogens is 236 g/mol. The molecule has 3 heteroatoms. The van der Waals surface area contributed by atoms with Crippen molar-refractivity contribution in [2.24, 2.45) is 0 Å². The van der Waals surface area contributed by atoms with E-state index in [1.807, 2.05) is 24.3 Å². The molecule has 1 aromatic carbocycles. The lowest BCUT2D eigenvalue weighted by Crippen LogP contribution is -2.32. The minimum atomic E-state index is -0.228. The molecule has 3 nitrogen and oxygen atoms in total. The summed E-state index contributed by atoms with van der Waals surface area (Å²) in [6, 6.07) is 10.8. The zero-order chi connectivity index (χ0) is 13.5. The van der Waals surface area contributed by atoms with Crippen LogP contribution in [0.3, 0.4) is 0 Å². The zero-order valence-corrected chi connectivity index (χ0v) is 11.5. The van der Waals surface area contributed by atoms with Gasteiger partial charge in [-0.05, 0) is 31.4 Å². The van der Waals surface area contributed by atoms with Crippen LogP contribution >= 0.6 is 0 Å². The van der Waals surface area contributed by atoms with E-state index in [9.17, 15) is 5.11 Å². The van der Waals surface area contributed by atoms with Gasteiger partial charge in [0.1, 0.15) is 0 Å². The number of hydrogen-bond donors (Lipinski definition) is 2. The molecule has 1 aliphatic rings. The molecule has 0 saturated carbocycles. The van der Waals surface area contributed by atoms with Gasteiger partial charge in [-0.15, -0.1) is 6.58 Å². The van der Waals surface area contributed by atoms with Crippen molar-refractivity contribution in [2.75, 3.05) is 25.0 Å². The molecule has 0 amide bonds. The molecule has 1 saturated heterocycles. The van der Waals surface area contributed by atoms with E-state index >= 15 is 0 Å². The Morgan fingerprint density at radius 2 is 2.21 bits per heavy atom. The number of nitrogens with one attached hydrogen (secondary N) is 1. The van der Waals surface area contributed by atoms with E-state index < -0.39 is 0 Å². The summed E-state index contributed by atoms with van der Waals surface area (Å²) in [6.07, 6.45) is 4.49. The van der Waals surface area contributed by atoms with Crippen molar-refractivity contribution in [1.29, 1.82) is 0 Å². The Labute approximate surface area is 115 Å². The SMILES string of the molecule is C=CCC[C@@H](O)CN1CC[C@H](Nc2ccccc2)C1. The Hall–Kier alpha value is -1.32. The summed E-state index contributed by atoms with van der Waals surface area (Å²) >= 11 is 0. The molecule has 0 aromatic heterocycles. The number of aliphatic hydroxyl groups excluding tert-OH is 1. The summed E-state index contributed by atoms with van der Waals surface area (Å²) in [5.74, 6) is 0. The van der Waals surface area contributed by atoms with Crippen LogP contribution in [-0.4, -0.2) is 41.8 Å². The number of benzene rings is 1. The quantitative estimate of drug-likeness (QED) is 0.739. The monoisotopic (exact) mass is 260 g/mol. The Balaban J connectivity index is 1.72. The molecule has 0 spiro atoms. The average molecular weight is 260 g/mol. The highest BCUT2D eigenvalue weighted by molar-refractivity contribution is 5.43. The van der Waals surface area contributed by atoms with Crippen LogP contribution in [0.25, 0.3) is 0 Å². The molecule has 1 aliphatic heterocycles. The Morgan fingerprint density at radius 1 is 1.42 bits per heavy atom. The molecule has 2 N–H and O–H groups in total. The van der Waals surface area contributed by atoms with Crippen LogP contribution in [0.4, 0.5) is 5.69 Å². The molecule has 2 rings (SSSR count). The fourth-order valence-electron chi connectivity index (χ4n) is 2.59. The second-order valence-electron chi connectivity index (χ2n) is 5.28. The van der Waals surface area contributed by atoms with Gasteiger partial charge in [0.15, 0.2) is 0 Å². The number of rotatable bonds is 7. The van der Waals surface area contributed by atoms with Crippen molar-refractivity contribution < 1.29 is 5.11 Å². The molecule has 0 aliphatic carbocycles. The first-order valence-corrected chi connectivity index (χ1v) is 7.11. The van der Waals surface area contributed by atoms with E-state index in [0.29, 0.717) is 6.04 Å². The predicted molar refractivity (Wildman–Crippen MR) is 80.3 cm³/mol. The van der Waals surface area contributed by atoms with Gasteiger partial charge in [-0.2, -0.15) is 0 Å². The normalized spacial score (nSPS) is 21.2. The summed E-state index contributed by atoms with van der Waals surface area (Å²) in [4.78, 5) is 2.34. The highest BCUT2D eigenvalue weighted by atomic mass is 16.3. The Bertz CT molecular complexity index is 380. The van der Waals surface area contributed by atoms with Crippen LogP contribution in [0.2, 0.25) is 0 Å². The minimum Gasteiger partial charge on any atom is -0.392 e. The van der Waals surface area contributed by atoms with E-state index in [2.05, 4.69) is 28.9 Å². The number of para-hydroxylation sites is 1. The third-order valence-electron chi connectivity index (χ3n) is 3.59. The molecule has 0 radical (unpaired) electrons. The number of anilines is 1. The van der Waals surface area contributed by atoms with Gasteiger partial charge in [0.05, 0.1) is 6.10 Å². The highest BCUT2D eigenvalue weighted by Crippen LogP contribution is 2.16. The standard InChI is InChI=1S/C16H24N2O/c1-2-3-9-16(19)13-18-11-10-15(12-18)17-14-7-5-4-6-8-14/h2,4-8,15-17,19H,1,3,9-13H2/t15-,16+/m0/s1. The number of nitrogens with zero attached hydrogens (tertiary/aromatic N) is 1. The third kappa shape index (κ3) is 4.69. The largest absolute Gasteiger partial charge is 0.392 e. The number of aliphatic hydroxyl groups is 1. The fraction of sp³-hybridized carbons (Fsp3) is 0.500. The maximum Gasteiger partial charge on any atom is 0.0670 e. The van der Waals surface area contributed by atoms with Crippen LogP contribution in [0.5, 0.6) is 0 Å². The molecule has 19 heavy (non-hydrogen) atoms. The van der Waals surface area contributed by atoms with Gasteiger partial charge >= 0.3 is 0 Å². The smallest absolute Gasteiger partial charge is 0.0670 e. The van der Waals surface area contributed by atoms with Crippen LogP contribution < -0.4 is 5.32 Å². The zero-order valence-electron chi connectivity index (χ0n) is 11.5. The number of β-amino-alcohol motifs (C(OH)–C–C–N with tert-alkyl or cyclic N) is 1. The van der Waals surface area contributed by atoms with Crippen molar-refractivity contribution in [3.05, 3.63) is 43.0 Å². The van der Waals surface area contributed by atoms with Gasteiger partial charge in [-0.1, -0.05) is 24.3 Å². The van der Waals surface area contributed by atoms with E-state index in [0.717, 1.165) is 38.9 Å². The van der Waals surface area contributed by atoms with E-state index in [1.54, 1.807) is 0 Å². The fourth-order valence-corrected chi connectivity index (χ4v) is 2.59. The first-order chi connectivity index (χ1) is 9.28. The van der Waals surface area contributed by atoms with Crippen LogP contribution in [0.15, 0.2) is 43.0 Å². The van der Waals surface area contributed by atoms with Crippen molar-refractivity contribution in [1.82, 2.24) is 4.90 Å². The second kappa shape index (κ2) is 7.31. The Kier molecular flexibility index (Phi) is 5.43. The molecule has 0 unspecified atom stereocenters. The third-order valence-corrected chi connectivity index (χ3v) is 3.59. The number of hydrogen-bond acceptors (Lipinski definition) is 3. The maximum absolute atomic E-state index is 9.91. The lowest BCUT2D eigenvalue weighted by molar-refractivity contribution is 0.118. The maximum atomic E-state index is 9.91. The summed E-state index contributed by atoms with van der Waals surface area (Å²) in [6.45, 7) is 6.55. The number of allylic oxidation sites excluding steroid dienone is 1. The van der Waals surface area contributed by atoms with Crippen molar-refractivity contribution in [3.8, 4) is 0 Å². The summed E-state index contributed by atoms with van der Waals surface area (Å²) < 4.78 is 0. The number of likely N-dealkylation sites (tertiary alicyclic amines) is 1. The van der Waals surface area contributed by atoms with E-state index in [1.165, 1.54) is 5.69 Å². The minimum absolute atomic E-state index is 0.228. The molecule has 104 valence electrons. The summed E-state index contributed by atoms with van der Waals surface area (Å²) in [7, 11) is 0. The van der Waals surface area contributed by atoms with Crippen molar-refractivity contribution >= 4 is 5.69 Å². The van der Waals surface area contributed by atoms with Gasteiger partial charge in [0.25, 0.3) is 0 Å². The van der Waals surface area contributed by atoms with Crippen LogP contribution in [0.1, 0.15) is 19.3 Å². The molecule has 1 fully saturated rings. The van der Waals surface area contributed by atoms with Gasteiger partial charge in [-0.3, -0.25) is 4.90 Å². The molecular formula is C16H24N2O. The molecule has 2 atom stereocenters. The van der Waals surface area contributed by atoms with E-state index in [4.69, 9.17) is 0 Å². The van der Waals surface area contributed by atoms with Gasteiger partial charge in [0, 0.05) is 31.4 Å². The van der Waals surface area contributed by atoms with Crippen LogP contribution in [-0.2, 0) is 0 Å². The van der Waals surface area contributed by atoms with Gasteiger partial charge in [0.2, 0.25) is 0 Å². The van der Waals surface area contributed by atoms with Crippen molar-refractivity contribution in [2.45, 2.75) is 31.4 Å².